The summed E-state index contributed by atoms with van der Waals surface area (Å²) in [4.78, 5) is 11.3. The van der Waals surface area contributed by atoms with Crippen LogP contribution in [0.15, 0.2) is 0 Å². The predicted octanol–water partition coefficient (Wildman–Crippen LogP) is 0.689. The molecule has 15 heavy (non-hydrogen) atoms. The van der Waals surface area contributed by atoms with E-state index in [1.165, 1.54) is 7.11 Å². The second-order valence-electron chi connectivity index (χ2n) is 4.23. The molecule has 1 fully saturated rings. The van der Waals surface area contributed by atoms with E-state index in [0.717, 1.165) is 32.2 Å². The third-order valence-electron chi connectivity index (χ3n) is 3.06. The van der Waals surface area contributed by atoms with E-state index in [1.54, 1.807) is 0 Å². The van der Waals surface area contributed by atoms with Gasteiger partial charge in [0.1, 0.15) is 6.04 Å². The maximum Gasteiger partial charge on any atom is 0.322 e. The van der Waals surface area contributed by atoms with E-state index >= 15 is 0 Å². The molecule has 1 aliphatic carbocycles. The molecule has 2 N–H and O–H groups in total. The monoisotopic (exact) mass is 215 g/mol. The predicted molar refractivity (Wildman–Crippen MR) is 57.4 cm³/mol. The van der Waals surface area contributed by atoms with Gasteiger partial charge in [-0.3, -0.25) is 4.79 Å². The van der Waals surface area contributed by atoms with Gasteiger partial charge in [-0.15, -0.1) is 0 Å². The SMILES string of the molecule is CCC(NCC1CCC(O)C1)C(=O)OC. The molecule has 0 radical (unpaired) electrons. The summed E-state index contributed by atoms with van der Waals surface area (Å²) in [6.07, 6.45) is 3.38. The van der Waals surface area contributed by atoms with E-state index in [0.29, 0.717) is 5.92 Å². The van der Waals surface area contributed by atoms with Crippen LogP contribution in [-0.4, -0.2) is 36.9 Å². The molecule has 0 aromatic rings. The number of carbonyl (C=O) groups is 1. The molecule has 4 nitrogen and oxygen atoms in total. The van der Waals surface area contributed by atoms with Gasteiger partial charge in [-0.2, -0.15) is 0 Å². The highest BCUT2D eigenvalue weighted by molar-refractivity contribution is 5.75. The summed E-state index contributed by atoms with van der Waals surface area (Å²) >= 11 is 0. The maximum atomic E-state index is 11.3. The first-order valence-corrected chi connectivity index (χ1v) is 5.66. The summed E-state index contributed by atoms with van der Waals surface area (Å²) < 4.78 is 4.69. The summed E-state index contributed by atoms with van der Waals surface area (Å²) in [6.45, 7) is 2.75. The van der Waals surface area contributed by atoms with Crippen molar-refractivity contribution in [2.24, 2.45) is 5.92 Å². The molecule has 3 atom stereocenters. The van der Waals surface area contributed by atoms with Crippen LogP contribution in [0.4, 0.5) is 0 Å². The van der Waals surface area contributed by atoms with Crippen LogP contribution in [0.3, 0.4) is 0 Å². The highest BCUT2D eigenvalue weighted by atomic mass is 16.5. The molecule has 0 saturated heterocycles. The first-order chi connectivity index (χ1) is 7.17. The normalized spacial score (nSPS) is 27.7. The van der Waals surface area contributed by atoms with Crippen molar-refractivity contribution in [1.29, 1.82) is 0 Å². The van der Waals surface area contributed by atoms with Crippen molar-refractivity contribution in [2.75, 3.05) is 13.7 Å². The highest BCUT2D eigenvalue weighted by Gasteiger charge is 2.24. The van der Waals surface area contributed by atoms with Gasteiger partial charge in [0.25, 0.3) is 0 Å². The Morgan fingerprint density at radius 3 is 2.80 bits per heavy atom. The van der Waals surface area contributed by atoms with Gasteiger partial charge in [0.15, 0.2) is 0 Å². The summed E-state index contributed by atoms with van der Waals surface area (Å²) in [6, 6.07) is -0.201. The molecule has 0 heterocycles. The van der Waals surface area contributed by atoms with Crippen LogP contribution in [0.25, 0.3) is 0 Å². The van der Waals surface area contributed by atoms with Gasteiger partial charge in [-0.05, 0) is 38.1 Å². The Bertz CT molecular complexity index is 208. The van der Waals surface area contributed by atoms with Crippen molar-refractivity contribution < 1.29 is 14.6 Å². The minimum atomic E-state index is -0.201. The molecule has 88 valence electrons. The van der Waals surface area contributed by atoms with E-state index < -0.39 is 0 Å². The van der Waals surface area contributed by atoms with Crippen molar-refractivity contribution in [3.05, 3.63) is 0 Å². The fraction of sp³-hybridized carbons (Fsp3) is 0.909. The molecule has 1 aliphatic rings. The summed E-state index contributed by atoms with van der Waals surface area (Å²) in [5, 5.41) is 12.6. The van der Waals surface area contributed by atoms with Gasteiger partial charge < -0.3 is 15.2 Å². The van der Waals surface area contributed by atoms with Crippen molar-refractivity contribution in [3.63, 3.8) is 0 Å². The lowest BCUT2D eigenvalue weighted by Gasteiger charge is -2.17. The minimum absolute atomic E-state index is 0.144. The number of methoxy groups -OCH3 is 1. The number of aliphatic hydroxyl groups excluding tert-OH is 1. The lowest BCUT2D eigenvalue weighted by molar-refractivity contribution is -0.143. The molecule has 3 unspecified atom stereocenters. The molecular weight excluding hydrogens is 194 g/mol. The Balaban J connectivity index is 2.25. The number of hydrogen-bond donors (Lipinski definition) is 2. The van der Waals surface area contributed by atoms with Crippen LogP contribution in [0, 0.1) is 5.92 Å². The first-order valence-electron chi connectivity index (χ1n) is 5.66. The topological polar surface area (TPSA) is 58.6 Å². The number of nitrogens with one attached hydrogen (secondary N) is 1. The molecule has 0 amide bonds. The van der Waals surface area contributed by atoms with Crippen LogP contribution in [0.2, 0.25) is 0 Å². The standard InChI is InChI=1S/C11H21NO3/c1-3-10(11(14)15-2)12-7-8-4-5-9(13)6-8/h8-10,12-13H,3-7H2,1-2H3. The summed E-state index contributed by atoms with van der Waals surface area (Å²) in [7, 11) is 1.41. The van der Waals surface area contributed by atoms with E-state index in [1.807, 2.05) is 6.92 Å². The number of carbonyl (C=O) groups excluding carboxylic acids is 1. The molecular formula is C11H21NO3. The molecule has 4 heteroatoms. The molecule has 0 spiro atoms. The Kier molecular flexibility index (Phi) is 5.05. The zero-order chi connectivity index (χ0) is 11.3. The Labute approximate surface area is 91.0 Å². The molecule has 1 saturated carbocycles. The maximum absolute atomic E-state index is 11.3. The van der Waals surface area contributed by atoms with Crippen LogP contribution in [0.5, 0.6) is 0 Å². The van der Waals surface area contributed by atoms with Crippen molar-refractivity contribution >= 4 is 5.97 Å². The Morgan fingerprint density at radius 2 is 2.33 bits per heavy atom. The molecule has 0 aromatic heterocycles. The second-order valence-corrected chi connectivity index (χ2v) is 4.23. The van der Waals surface area contributed by atoms with Crippen molar-refractivity contribution in [3.8, 4) is 0 Å². The van der Waals surface area contributed by atoms with E-state index in [4.69, 9.17) is 0 Å². The number of hydrogen-bond acceptors (Lipinski definition) is 4. The van der Waals surface area contributed by atoms with Crippen LogP contribution >= 0.6 is 0 Å². The number of aliphatic hydroxyl groups is 1. The smallest absolute Gasteiger partial charge is 0.322 e. The van der Waals surface area contributed by atoms with Crippen molar-refractivity contribution in [1.82, 2.24) is 5.32 Å². The number of ether oxygens (including phenoxy) is 1. The largest absolute Gasteiger partial charge is 0.468 e. The molecule has 0 bridgehead atoms. The van der Waals surface area contributed by atoms with Gasteiger partial charge >= 0.3 is 5.97 Å². The van der Waals surface area contributed by atoms with Gasteiger partial charge in [-0.25, -0.2) is 0 Å². The van der Waals surface area contributed by atoms with Crippen LogP contribution < -0.4 is 5.32 Å². The zero-order valence-electron chi connectivity index (χ0n) is 9.53. The average Bonchev–Trinajstić information content (AvgIpc) is 2.64. The van der Waals surface area contributed by atoms with Gasteiger partial charge in [0, 0.05) is 0 Å². The molecule has 0 aromatic carbocycles. The highest BCUT2D eigenvalue weighted by Crippen LogP contribution is 2.24. The fourth-order valence-electron chi connectivity index (χ4n) is 2.08. The first kappa shape index (κ1) is 12.5. The van der Waals surface area contributed by atoms with E-state index in [9.17, 15) is 9.90 Å². The zero-order valence-corrected chi connectivity index (χ0v) is 9.53. The lowest BCUT2D eigenvalue weighted by Crippen LogP contribution is -2.39. The summed E-state index contributed by atoms with van der Waals surface area (Å²) in [5.41, 5.74) is 0. The summed E-state index contributed by atoms with van der Waals surface area (Å²) in [5.74, 6) is 0.301. The average molecular weight is 215 g/mol. The van der Waals surface area contributed by atoms with Gasteiger partial charge in [0.05, 0.1) is 13.2 Å². The lowest BCUT2D eigenvalue weighted by atomic mass is 10.1. The molecule has 1 rings (SSSR count). The third-order valence-corrected chi connectivity index (χ3v) is 3.06. The van der Waals surface area contributed by atoms with Crippen LogP contribution in [-0.2, 0) is 9.53 Å². The van der Waals surface area contributed by atoms with E-state index in [2.05, 4.69) is 10.1 Å². The van der Waals surface area contributed by atoms with E-state index in [-0.39, 0.29) is 18.1 Å². The fourth-order valence-corrected chi connectivity index (χ4v) is 2.08. The third kappa shape index (κ3) is 3.80. The van der Waals surface area contributed by atoms with Gasteiger partial charge in [0.2, 0.25) is 0 Å². The van der Waals surface area contributed by atoms with Crippen molar-refractivity contribution in [2.45, 2.75) is 44.8 Å². The second kappa shape index (κ2) is 6.08. The number of esters is 1. The molecule has 0 aliphatic heterocycles. The minimum Gasteiger partial charge on any atom is -0.468 e. The Morgan fingerprint density at radius 1 is 1.60 bits per heavy atom. The Hall–Kier alpha value is -0.610. The number of rotatable bonds is 5. The van der Waals surface area contributed by atoms with Gasteiger partial charge in [-0.1, -0.05) is 6.92 Å². The quantitative estimate of drug-likeness (QED) is 0.662. The van der Waals surface area contributed by atoms with Crippen LogP contribution in [0.1, 0.15) is 32.6 Å².